The first-order valence-corrected chi connectivity index (χ1v) is 11.5. The highest BCUT2D eigenvalue weighted by molar-refractivity contribution is 5.80. The maximum absolute atomic E-state index is 6.49. The summed E-state index contributed by atoms with van der Waals surface area (Å²) in [6, 6.07) is 6.69. The molecule has 1 N–H and O–H groups in total. The molecule has 0 radical (unpaired) electrons. The Morgan fingerprint density at radius 1 is 1.21 bits per heavy atom. The number of methoxy groups -OCH3 is 1. The van der Waals surface area contributed by atoms with Crippen molar-refractivity contribution < 1.29 is 14.2 Å². The number of hydrogen-bond acceptors (Lipinski definition) is 9. The van der Waals surface area contributed by atoms with Crippen LogP contribution in [-0.4, -0.2) is 68.5 Å². The normalized spacial score (nSPS) is 21.1. The molecule has 9 nitrogen and oxygen atoms in total. The Hall–Kier alpha value is -3.20. The van der Waals surface area contributed by atoms with Crippen molar-refractivity contribution >= 4 is 35.8 Å². The molecule has 2 aromatic rings. The average molecular weight is 453 g/mol. The summed E-state index contributed by atoms with van der Waals surface area (Å²) in [6.07, 6.45) is 7.42. The second kappa shape index (κ2) is 11.1. The van der Waals surface area contributed by atoms with Gasteiger partial charge in [-0.3, -0.25) is 9.98 Å². The van der Waals surface area contributed by atoms with E-state index in [-0.39, 0.29) is 6.10 Å². The minimum atomic E-state index is 0.113. The smallest absolute Gasteiger partial charge is 0.318 e. The summed E-state index contributed by atoms with van der Waals surface area (Å²) in [4.78, 5) is 19.5. The van der Waals surface area contributed by atoms with Crippen molar-refractivity contribution in [3.05, 3.63) is 24.4 Å². The zero-order valence-electron chi connectivity index (χ0n) is 19.4. The van der Waals surface area contributed by atoms with E-state index in [0.29, 0.717) is 17.7 Å². The van der Waals surface area contributed by atoms with Crippen molar-refractivity contribution in [2.45, 2.75) is 44.8 Å². The maximum atomic E-state index is 6.49. The van der Waals surface area contributed by atoms with Gasteiger partial charge in [0.05, 0.1) is 32.1 Å². The molecule has 9 heteroatoms. The predicted molar refractivity (Wildman–Crippen MR) is 131 cm³/mol. The SMILES string of the molecule is C=Nc1c(/N=C\C)cc(N2CCOCC2)cc1O[C@H]1CC[C@@H](Nc2ccnc(OC)n2)CC1. The van der Waals surface area contributed by atoms with Gasteiger partial charge in [-0.2, -0.15) is 4.98 Å². The van der Waals surface area contributed by atoms with Crippen molar-refractivity contribution in [2.24, 2.45) is 9.98 Å². The topological polar surface area (TPSA) is 93.5 Å². The molecule has 1 aromatic carbocycles. The molecule has 1 saturated heterocycles. The van der Waals surface area contributed by atoms with Crippen LogP contribution in [0.5, 0.6) is 11.8 Å². The lowest BCUT2D eigenvalue weighted by Gasteiger charge is -2.32. The highest BCUT2D eigenvalue weighted by atomic mass is 16.5. The number of ether oxygens (including phenoxy) is 3. The summed E-state index contributed by atoms with van der Waals surface area (Å²) in [5, 5.41) is 3.49. The highest BCUT2D eigenvalue weighted by Gasteiger charge is 2.25. The minimum absolute atomic E-state index is 0.113. The van der Waals surface area contributed by atoms with E-state index < -0.39 is 0 Å². The monoisotopic (exact) mass is 452 g/mol. The van der Waals surface area contributed by atoms with E-state index in [9.17, 15) is 0 Å². The van der Waals surface area contributed by atoms with Gasteiger partial charge in [0.15, 0.2) is 0 Å². The van der Waals surface area contributed by atoms with Crippen molar-refractivity contribution in [3.63, 3.8) is 0 Å². The van der Waals surface area contributed by atoms with Gasteiger partial charge in [-0.1, -0.05) is 0 Å². The molecule has 0 bridgehead atoms. The maximum Gasteiger partial charge on any atom is 0.318 e. The van der Waals surface area contributed by atoms with Gasteiger partial charge in [0.25, 0.3) is 0 Å². The van der Waals surface area contributed by atoms with E-state index in [2.05, 4.69) is 49.0 Å². The van der Waals surface area contributed by atoms with Crippen LogP contribution in [0.25, 0.3) is 0 Å². The average Bonchev–Trinajstić information content (AvgIpc) is 2.86. The molecule has 1 aromatic heterocycles. The molecule has 33 heavy (non-hydrogen) atoms. The van der Waals surface area contributed by atoms with Gasteiger partial charge in [0.2, 0.25) is 0 Å². The number of morpholine rings is 1. The predicted octanol–water partition coefficient (Wildman–Crippen LogP) is 4.18. The van der Waals surface area contributed by atoms with Crippen molar-refractivity contribution in [3.8, 4) is 11.8 Å². The van der Waals surface area contributed by atoms with Gasteiger partial charge < -0.3 is 24.4 Å². The Bertz CT molecular complexity index is 969. The summed E-state index contributed by atoms with van der Waals surface area (Å²) in [5.74, 6) is 1.52. The molecule has 2 heterocycles. The molecule has 2 aliphatic rings. The zero-order valence-corrected chi connectivity index (χ0v) is 19.4. The zero-order chi connectivity index (χ0) is 23.0. The minimum Gasteiger partial charge on any atom is -0.488 e. The van der Waals surface area contributed by atoms with Crippen LogP contribution in [0.1, 0.15) is 32.6 Å². The van der Waals surface area contributed by atoms with Crippen LogP contribution in [-0.2, 0) is 4.74 Å². The van der Waals surface area contributed by atoms with Crippen molar-refractivity contribution in [2.75, 3.05) is 43.6 Å². The number of aliphatic imine (C=N–C) groups is 2. The molecule has 1 aliphatic heterocycles. The van der Waals surface area contributed by atoms with Crippen molar-refractivity contribution in [1.29, 1.82) is 0 Å². The Kier molecular flexibility index (Phi) is 7.72. The third-order valence-corrected chi connectivity index (χ3v) is 5.98. The van der Waals surface area contributed by atoms with Crippen LogP contribution in [0, 0.1) is 0 Å². The Morgan fingerprint density at radius 2 is 2.00 bits per heavy atom. The summed E-state index contributed by atoms with van der Waals surface area (Å²) >= 11 is 0. The summed E-state index contributed by atoms with van der Waals surface area (Å²) in [5.41, 5.74) is 2.55. The molecule has 0 amide bonds. The largest absolute Gasteiger partial charge is 0.488 e. The molecular weight excluding hydrogens is 420 g/mol. The molecule has 4 rings (SSSR count). The van der Waals surface area contributed by atoms with Gasteiger partial charge in [0, 0.05) is 43.3 Å². The van der Waals surface area contributed by atoms with Crippen LogP contribution < -0.4 is 19.7 Å². The molecule has 1 saturated carbocycles. The second-order valence-corrected chi connectivity index (χ2v) is 8.12. The van der Waals surface area contributed by atoms with Gasteiger partial charge >= 0.3 is 6.01 Å². The van der Waals surface area contributed by atoms with E-state index in [1.54, 1.807) is 19.5 Å². The third-order valence-electron chi connectivity index (χ3n) is 5.98. The van der Waals surface area contributed by atoms with Gasteiger partial charge in [0.1, 0.15) is 17.3 Å². The van der Waals surface area contributed by atoms with E-state index in [4.69, 9.17) is 14.2 Å². The lowest BCUT2D eigenvalue weighted by atomic mass is 9.93. The molecular formula is C24H32N6O3. The number of benzene rings is 1. The first-order valence-electron chi connectivity index (χ1n) is 11.5. The third kappa shape index (κ3) is 5.78. The molecule has 176 valence electrons. The Labute approximate surface area is 194 Å². The van der Waals surface area contributed by atoms with E-state index in [1.807, 2.05) is 13.0 Å². The summed E-state index contributed by atoms with van der Waals surface area (Å²) in [7, 11) is 1.57. The van der Waals surface area contributed by atoms with Gasteiger partial charge in [-0.05, 0) is 51.5 Å². The molecule has 0 atom stereocenters. The highest BCUT2D eigenvalue weighted by Crippen LogP contribution is 2.43. The number of aromatic nitrogens is 2. The number of nitrogens with one attached hydrogen (secondary N) is 1. The second-order valence-electron chi connectivity index (χ2n) is 8.12. The molecule has 0 spiro atoms. The van der Waals surface area contributed by atoms with Crippen LogP contribution in [0.2, 0.25) is 0 Å². The fraction of sp³-hybridized carbons (Fsp3) is 0.500. The first-order chi connectivity index (χ1) is 16.2. The number of rotatable bonds is 8. The quantitative estimate of drug-likeness (QED) is 0.601. The Morgan fingerprint density at radius 3 is 2.70 bits per heavy atom. The van der Waals surface area contributed by atoms with Crippen LogP contribution in [0.15, 0.2) is 34.4 Å². The van der Waals surface area contributed by atoms with E-state index >= 15 is 0 Å². The lowest BCUT2D eigenvalue weighted by Crippen LogP contribution is -2.36. The first kappa shape index (κ1) is 23.0. The molecule has 0 unspecified atom stereocenters. The molecule has 1 aliphatic carbocycles. The fourth-order valence-electron chi connectivity index (χ4n) is 4.30. The number of nitrogens with zero attached hydrogens (tertiary/aromatic N) is 5. The lowest BCUT2D eigenvalue weighted by molar-refractivity contribution is 0.122. The summed E-state index contributed by atoms with van der Waals surface area (Å²) < 4.78 is 17.1. The number of anilines is 2. The van der Waals surface area contributed by atoms with E-state index in [0.717, 1.165) is 74.9 Å². The van der Waals surface area contributed by atoms with Gasteiger partial charge in [-0.15, -0.1) is 0 Å². The van der Waals surface area contributed by atoms with Gasteiger partial charge in [-0.25, -0.2) is 4.98 Å². The fourth-order valence-corrected chi connectivity index (χ4v) is 4.30. The van der Waals surface area contributed by atoms with Crippen LogP contribution in [0.3, 0.4) is 0 Å². The summed E-state index contributed by atoms with van der Waals surface area (Å²) in [6.45, 7) is 8.81. The Balaban J connectivity index is 1.44. The van der Waals surface area contributed by atoms with E-state index in [1.165, 1.54) is 0 Å². The van der Waals surface area contributed by atoms with Crippen LogP contribution in [0.4, 0.5) is 22.9 Å². The van der Waals surface area contributed by atoms with Crippen molar-refractivity contribution in [1.82, 2.24) is 9.97 Å². The number of hydrogen-bond donors (Lipinski definition) is 1. The standard InChI is InChI=1S/C24H32N6O3/c1-4-26-20-15-18(30-11-13-32-14-12-30)16-21(23(20)25-2)33-19-7-5-17(6-8-19)28-22-9-10-27-24(29-22)31-3/h4,9-10,15-17,19H,2,5-8,11-14H2,1,3H3,(H,27,28,29)/b26-4-/t17-,19+. The molecule has 2 fully saturated rings. The van der Waals surface area contributed by atoms with Crippen LogP contribution >= 0.6 is 0 Å².